The van der Waals surface area contributed by atoms with Crippen LogP contribution in [0.25, 0.3) is 0 Å². The smallest absolute Gasteiger partial charge is 0.416 e. The van der Waals surface area contributed by atoms with Gasteiger partial charge in [0.15, 0.2) is 0 Å². The Hall–Kier alpha value is -2.45. The summed E-state index contributed by atoms with van der Waals surface area (Å²) in [7, 11) is 0. The maximum Gasteiger partial charge on any atom is 0.416 e. The quantitative estimate of drug-likeness (QED) is 0.670. The number of benzene rings is 1. The molecule has 6 nitrogen and oxygen atoms in total. The molecule has 0 aromatic heterocycles. The Morgan fingerprint density at radius 2 is 1.77 bits per heavy atom. The van der Waals surface area contributed by atoms with Gasteiger partial charge in [0.2, 0.25) is 0 Å². The molecule has 0 spiro atoms. The molecule has 4 N–H and O–H groups in total. The second kappa shape index (κ2) is 7.01. The van der Waals surface area contributed by atoms with E-state index in [2.05, 4.69) is 10.6 Å². The first-order valence-electron chi connectivity index (χ1n) is 6.31. The second-order valence-electron chi connectivity index (χ2n) is 4.51. The lowest BCUT2D eigenvalue weighted by atomic mass is 9.96. The lowest BCUT2D eigenvalue weighted by Gasteiger charge is -2.27. The third kappa shape index (κ3) is 4.83. The first-order valence-corrected chi connectivity index (χ1v) is 6.31. The number of hydrogen-bond donors (Lipinski definition) is 4. The van der Waals surface area contributed by atoms with Crippen LogP contribution in [-0.2, 0) is 6.18 Å². The monoisotopic (exact) mass is 320 g/mol. The Bertz CT molecular complexity index is 548. The highest BCUT2D eigenvalue weighted by Crippen LogP contribution is 2.31. The molecule has 2 atom stereocenters. The first kappa shape index (κ1) is 17.6. The Labute approximate surface area is 123 Å². The molecule has 0 fully saturated rings. The standard InChI is InChI=1S/C13H15F3N2O4/c1-2-9(17-11(19)20)10(18-12(21)22)7-4-3-5-8(6-7)13(14,15)16/h3-6,9-10,17-18H,2H2,1H3,(H,19,20)(H,21,22). The van der Waals surface area contributed by atoms with Crippen LogP contribution in [0.15, 0.2) is 24.3 Å². The van der Waals surface area contributed by atoms with Crippen LogP contribution in [-0.4, -0.2) is 28.4 Å². The van der Waals surface area contributed by atoms with Crippen LogP contribution in [0.2, 0.25) is 0 Å². The fourth-order valence-electron chi connectivity index (χ4n) is 2.04. The molecule has 0 saturated heterocycles. The van der Waals surface area contributed by atoms with E-state index in [4.69, 9.17) is 10.2 Å². The molecule has 1 aromatic rings. The van der Waals surface area contributed by atoms with Gasteiger partial charge in [0.1, 0.15) is 0 Å². The molecular weight excluding hydrogens is 305 g/mol. The van der Waals surface area contributed by atoms with E-state index >= 15 is 0 Å². The van der Waals surface area contributed by atoms with Gasteiger partial charge < -0.3 is 20.8 Å². The Morgan fingerprint density at radius 1 is 1.18 bits per heavy atom. The highest BCUT2D eigenvalue weighted by atomic mass is 19.4. The average Bonchev–Trinajstić information content (AvgIpc) is 2.41. The maximum atomic E-state index is 12.7. The largest absolute Gasteiger partial charge is 0.465 e. The molecule has 2 amide bonds. The molecule has 0 aliphatic heterocycles. The number of carbonyl (C=O) groups is 2. The molecule has 1 aromatic carbocycles. The molecule has 2 unspecified atom stereocenters. The summed E-state index contributed by atoms with van der Waals surface area (Å²) in [5, 5.41) is 21.8. The highest BCUT2D eigenvalue weighted by molar-refractivity contribution is 5.67. The molecule has 0 aliphatic carbocycles. The van der Waals surface area contributed by atoms with Gasteiger partial charge >= 0.3 is 18.4 Å². The zero-order chi connectivity index (χ0) is 16.9. The lowest BCUT2D eigenvalue weighted by molar-refractivity contribution is -0.137. The molecule has 0 heterocycles. The molecular formula is C13H15F3N2O4. The van der Waals surface area contributed by atoms with Crippen LogP contribution in [0, 0.1) is 0 Å². The van der Waals surface area contributed by atoms with Crippen molar-refractivity contribution in [2.45, 2.75) is 31.6 Å². The zero-order valence-corrected chi connectivity index (χ0v) is 11.5. The molecule has 0 saturated carbocycles. The molecule has 1 rings (SSSR count). The van der Waals surface area contributed by atoms with Crippen LogP contribution >= 0.6 is 0 Å². The van der Waals surface area contributed by atoms with Crippen molar-refractivity contribution in [2.75, 3.05) is 0 Å². The summed E-state index contributed by atoms with van der Waals surface area (Å²) >= 11 is 0. The minimum absolute atomic E-state index is 0.0258. The van der Waals surface area contributed by atoms with Crippen LogP contribution in [0.4, 0.5) is 22.8 Å². The van der Waals surface area contributed by atoms with Gasteiger partial charge in [0.05, 0.1) is 17.6 Å². The fraction of sp³-hybridized carbons (Fsp3) is 0.385. The fourth-order valence-corrected chi connectivity index (χ4v) is 2.04. The normalized spacial score (nSPS) is 14.0. The maximum absolute atomic E-state index is 12.7. The Kier molecular flexibility index (Phi) is 5.61. The van der Waals surface area contributed by atoms with Gasteiger partial charge in [0, 0.05) is 0 Å². The van der Waals surface area contributed by atoms with Gasteiger partial charge in [0.25, 0.3) is 0 Å². The van der Waals surface area contributed by atoms with E-state index < -0.39 is 36.0 Å². The summed E-state index contributed by atoms with van der Waals surface area (Å²) < 4.78 is 38.2. The predicted octanol–water partition coefficient (Wildman–Crippen LogP) is 3.06. The molecule has 0 bridgehead atoms. The third-order valence-electron chi connectivity index (χ3n) is 3.00. The Balaban J connectivity index is 3.21. The van der Waals surface area contributed by atoms with Crippen LogP contribution in [0.3, 0.4) is 0 Å². The van der Waals surface area contributed by atoms with E-state index in [0.717, 1.165) is 18.2 Å². The summed E-state index contributed by atoms with van der Waals surface area (Å²) in [5.74, 6) is 0. The van der Waals surface area contributed by atoms with Crippen molar-refractivity contribution < 1.29 is 33.0 Å². The topological polar surface area (TPSA) is 98.7 Å². The van der Waals surface area contributed by atoms with Gasteiger partial charge in [-0.2, -0.15) is 13.2 Å². The van der Waals surface area contributed by atoms with Crippen molar-refractivity contribution in [1.82, 2.24) is 10.6 Å². The summed E-state index contributed by atoms with van der Waals surface area (Å²) in [4.78, 5) is 21.6. The van der Waals surface area contributed by atoms with Crippen LogP contribution in [0.5, 0.6) is 0 Å². The van der Waals surface area contributed by atoms with E-state index in [1.54, 1.807) is 6.92 Å². The molecule has 22 heavy (non-hydrogen) atoms. The number of carboxylic acid groups (broad SMARTS) is 2. The zero-order valence-electron chi connectivity index (χ0n) is 11.5. The van der Waals surface area contributed by atoms with Gasteiger partial charge in [-0.15, -0.1) is 0 Å². The summed E-state index contributed by atoms with van der Waals surface area (Å²) in [6.07, 6.45) is -7.25. The van der Waals surface area contributed by atoms with Crippen LogP contribution < -0.4 is 10.6 Å². The third-order valence-corrected chi connectivity index (χ3v) is 3.00. The van der Waals surface area contributed by atoms with E-state index in [0.29, 0.717) is 0 Å². The average molecular weight is 320 g/mol. The van der Waals surface area contributed by atoms with Crippen molar-refractivity contribution in [3.63, 3.8) is 0 Å². The van der Waals surface area contributed by atoms with Gasteiger partial charge in [-0.1, -0.05) is 19.1 Å². The number of rotatable bonds is 5. The predicted molar refractivity (Wildman–Crippen MR) is 70.6 cm³/mol. The summed E-state index contributed by atoms with van der Waals surface area (Å²) in [6.45, 7) is 1.59. The van der Waals surface area contributed by atoms with E-state index in [-0.39, 0.29) is 12.0 Å². The van der Waals surface area contributed by atoms with Crippen molar-refractivity contribution in [3.8, 4) is 0 Å². The van der Waals surface area contributed by atoms with Crippen molar-refractivity contribution in [3.05, 3.63) is 35.4 Å². The van der Waals surface area contributed by atoms with E-state index in [1.165, 1.54) is 6.07 Å². The number of amides is 2. The van der Waals surface area contributed by atoms with Crippen LogP contribution in [0.1, 0.15) is 30.5 Å². The van der Waals surface area contributed by atoms with Crippen molar-refractivity contribution in [1.29, 1.82) is 0 Å². The first-order chi connectivity index (χ1) is 10.1. The van der Waals surface area contributed by atoms with E-state index in [1.807, 2.05) is 0 Å². The van der Waals surface area contributed by atoms with Crippen molar-refractivity contribution >= 4 is 12.2 Å². The summed E-state index contributed by atoms with van der Waals surface area (Å²) in [5.41, 5.74) is -0.912. The molecule has 0 aliphatic rings. The minimum atomic E-state index is -4.58. The number of halogens is 3. The SMILES string of the molecule is CCC(NC(=O)O)C(NC(=O)O)c1cccc(C(F)(F)F)c1. The van der Waals surface area contributed by atoms with Gasteiger partial charge in [-0.05, 0) is 24.1 Å². The molecule has 9 heteroatoms. The molecule has 122 valence electrons. The van der Waals surface area contributed by atoms with Gasteiger partial charge in [-0.25, -0.2) is 9.59 Å². The lowest BCUT2D eigenvalue weighted by Crippen LogP contribution is -2.45. The number of hydrogen-bond acceptors (Lipinski definition) is 2. The Morgan fingerprint density at radius 3 is 2.23 bits per heavy atom. The number of alkyl halides is 3. The van der Waals surface area contributed by atoms with Gasteiger partial charge in [-0.3, -0.25) is 0 Å². The highest BCUT2D eigenvalue weighted by Gasteiger charge is 2.32. The summed E-state index contributed by atoms with van der Waals surface area (Å²) in [6, 6.07) is 2.06. The minimum Gasteiger partial charge on any atom is -0.465 e. The second-order valence-corrected chi connectivity index (χ2v) is 4.51. The number of nitrogens with one attached hydrogen (secondary N) is 2. The van der Waals surface area contributed by atoms with Crippen molar-refractivity contribution in [2.24, 2.45) is 0 Å². The molecule has 0 radical (unpaired) electrons. The van der Waals surface area contributed by atoms with E-state index in [9.17, 15) is 22.8 Å².